The molecule has 0 spiro atoms. The van der Waals surface area contributed by atoms with Crippen molar-refractivity contribution < 1.29 is 76.3 Å². The third-order valence-corrected chi connectivity index (χ3v) is 17.6. The molecule has 12 rings (SSSR count). The number of esters is 4. The number of carbonyl (C=O) groups excluding carboxylic acids is 8. The lowest BCUT2D eigenvalue weighted by Gasteiger charge is -2.39. The van der Waals surface area contributed by atoms with Gasteiger partial charge in [0.1, 0.15) is 44.8 Å². The number of amides is 4. The van der Waals surface area contributed by atoms with Crippen LogP contribution in [0.2, 0.25) is 0 Å². The van der Waals surface area contributed by atoms with Crippen LogP contribution in [0.1, 0.15) is 123 Å². The SMILES string of the molecule is C=CC(=O)N1CC(Nc2c(C(=O)OCOC(C)C)cnc3[nH]ccc23)C1.C=CC(=O)N1CCC[C@H](Nc2c(C(=O)OCOC(C)C)cnc3[nH]ccc23)C1.C=CC(=O)N1CC[C@@H](Nc2c(C(=O)OCOC(C)C)cnc3[nH]ccc23)C1.C=CC(=O)N1CC[C@H](Nc2c(C(=O)OCOC(C)C)cnc3[nH]ccc23)C1. The zero-order valence-corrected chi connectivity index (χ0v) is 62.1. The van der Waals surface area contributed by atoms with Gasteiger partial charge in [0.05, 0.1) is 53.2 Å². The maximum atomic E-state index is 12.6. The van der Waals surface area contributed by atoms with E-state index in [1.807, 2.05) is 79.7 Å². The highest BCUT2D eigenvalue weighted by atomic mass is 16.7. The first kappa shape index (κ1) is 80.6. The number of nitrogens with zero attached hydrogens (tertiary/aromatic N) is 8. The van der Waals surface area contributed by atoms with E-state index in [1.54, 1.807) is 44.4 Å². The van der Waals surface area contributed by atoms with Gasteiger partial charge in [0.25, 0.3) is 0 Å². The number of likely N-dealkylation sites (tertiary alicyclic amines) is 4. The van der Waals surface area contributed by atoms with Gasteiger partial charge in [-0.3, -0.25) is 19.2 Å². The number of H-pyrrole nitrogens is 4. The summed E-state index contributed by atoms with van der Waals surface area (Å²) in [6, 6.07) is 7.51. The van der Waals surface area contributed by atoms with E-state index < -0.39 is 23.9 Å². The van der Waals surface area contributed by atoms with Crippen LogP contribution in [0.25, 0.3) is 44.1 Å². The number of aromatic amines is 4. The van der Waals surface area contributed by atoms with E-state index in [2.05, 4.69) is 87.5 Å². The van der Waals surface area contributed by atoms with Crippen molar-refractivity contribution in [2.45, 2.75) is 130 Å². The fourth-order valence-corrected chi connectivity index (χ4v) is 12.0. The predicted octanol–water partition coefficient (Wildman–Crippen LogP) is 9.20. The zero-order valence-electron chi connectivity index (χ0n) is 62.1. The topological polar surface area (TPSA) is 386 Å². The smallest absolute Gasteiger partial charge is 0.343 e. The van der Waals surface area contributed by atoms with Crippen molar-refractivity contribution in [2.24, 2.45) is 0 Å². The fourth-order valence-electron chi connectivity index (χ4n) is 12.0. The number of hydrogen-bond acceptors (Lipinski definition) is 24. The molecule has 4 aliphatic heterocycles. The molecule has 8 aromatic rings. The molecule has 0 radical (unpaired) electrons. The zero-order chi connectivity index (χ0) is 77.6. The summed E-state index contributed by atoms with van der Waals surface area (Å²) in [5.74, 6) is -2.40. The van der Waals surface area contributed by atoms with Gasteiger partial charge < -0.3 is 98.7 Å². The third kappa shape index (κ3) is 21.4. The molecule has 0 aliphatic carbocycles. The fraction of sp³-hybridized carbons (Fsp3) is 0.421. The first-order valence-electron chi connectivity index (χ1n) is 35.7. The van der Waals surface area contributed by atoms with Crippen LogP contribution in [0, 0.1) is 0 Å². The number of carbonyl (C=O) groups is 8. The van der Waals surface area contributed by atoms with Gasteiger partial charge in [0.15, 0.2) is 27.2 Å². The molecule has 32 heteroatoms. The Morgan fingerprint density at radius 1 is 0.389 bits per heavy atom. The summed E-state index contributed by atoms with van der Waals surface area (Å²) in [4.78, 5) is 133. The molecule has 0 unspecified atom stereocenters. The first-order valence-corrected chi connectivity index (χ1v) is 35.7. The molecule has 32 nitrogen and oxygen atoms in total. The Morgan fingerprint density at radius 2 is 0.639 bits per heavy atom. The molecule has 4 aliphatic rings. The van der Waals surface area contributed by atoms with E-state index in [9.17, 15) is 38.4 Å². The summed E-state index contributed by atoms with van der Waals surface area (Å²) in [5.41, 5.74) is 6.61. The Bertz CT molecular complexity index is 4360. The van der Waals surface area contributed by atoms with Gasteiger partial charge in [-0.05, 0) is 130 Å². The van der Waals surface area contributed by atoms with E-state index in [4.69, 9.17) is 37.9 Å². The van der Waals surface area contributed by atoms with Gasteiger partial charge >= 0.3 is 23.9 Å². The van der Waals surface area contributed by atoms with Crippen molar-refractivity contribution >= 4 is 114 Å². The second kappa shape index (κ2) is 38.7. The monoisotopic (exact) mass is 1490 g/mol. The molecule has 108 heavy (non-hydrogen) atoms. The Balaban J connectivity index is 0.000000166. The second-order valence-electron chi connectivity index (χ2n) is 26.7. The molecule has 8 aromatic heterocycles. The van der Waals surface area contributed by atoms with Gasteiger partial charge in [-0.15, -0.1) is 0 Å². The molecule has 4 amide bonds. The highest BCUT2D eigenvalue weighted by Crippen LogP contribution is 2.33. The van der Waals surface area contributed by atoms with Crippen molar-refractivity contribution in [3.05, 3.63) is 147 Å². The van der Waals surface area contributed by atoms with E-state index >= 15 is 0 Å². The first-order chi connectivity index (χ1) is 52.0. The van der Waals surface area contributed by atoms with E-state index in [-0.39, 0.29) is 99.4 Å². The van der Waals surface area contributed by atoms with Crippen molar-refractivity contribution in [1.82, 2.24) is 59.5 Å². The van der Waals surface area contributed by atoms with Crippen molar-refractivity contribution in [1.29, 1.82) is 0 Å². The van der Waals surface area contributed by atoms with Gasteiger partial charge in [-0.1, -0.05) is 26.3 Å². The number of rotatable bonds is 28. The van der Waals surface area contributed by atoms with Crippen LogP contribution < -0.4 is 21.3 Å². The lowest BCUT2D eigenvalue weighted by molar-refractivity contribution is -0.130. The number of fused-ring (bicyclic) bond motifs is 4. The van der Waals surface area contributed by atoms with Gasteiger partial charge in [-0.2, -0.15) is 0 Å². The minimum absolute atomic E-state index is 0.0108. The van der Waals surface area contributed by atoms with Crippen molar-refractivity contribution in [2.75, 3.05) is 101 Å². The van der Waals surface area contributed by atoms with Gasteiger partial charge in [0.2, 0.25) is 23.6 Å². The molecule has 0 aromatic carbocycles. The number of anilines is 4. The number of ether oxygens (including phenoxy) is 8. The quantitative estimate of drug-likeness (QED) is 0.00979. The lowest BCUT2D eigenvalue weighted by atomic mass is 10.0. The van der Waals surface area contributed by atoms with E-state index in [0.29, 0.717) is 120 Å². The highest BCUT2D eigenvalue weighted by Gasteiger charge is 2.33. The Labute approximate surface area is 624 Å². The molecule has 0 bridgehead atoms. The average molecular weight is 1490 g/mol. The molecule has 4 fully saturated rings. The van der Waals surface area contributed by atoms with Crippen molar-refractivity contribution in [3.63, 3.8) is 0 Å². The Hall–Kier alpha value is -11.5. The van der Waals surface area contributed by atoms with Crippen LogP contribution in [-0.4, -0.2) is 235 Å². The molecular formula is C76H96N16O16. The maximum Gasteiger partial charge on any atom is 0.343 e. The largest absolute Gasteiger partial charge is 0.435 e. The van der Waals surface area contributed by atoms with Gasteiger partial charge in [-0.25, -0.2) is 39.1 Å². The molecule has 4 saturated heterocycles. The summed E-state index contributed by atoms with van der Waals surface area (Å²) >= 11 is 0. The number of nitrogens with one attached hydrogen (secondary N) is 8. The summed E-state index contributed by atoms with van der Waals surface area (Å²) in [6.07, 6.45) is 21.4. The minimum Gasteiger partial charge on any atom is -0.435 e. The standard InChI is InChI=1S/C20H26N4O4.2C19H24N4O4.C18H22N4O4/c1-4-17(25)24-9-5-6-14(11-24)23-18-15-7-8-21-19(15)22-10-16(18)20(26)28-12-27-13(2)3;2*1-4-16(24)23-8-6-13(10-23)22-17-14-5-7-20-18(14)21-9-15(17)19(25)27-11-26-12(2)3;1-4-15(23)22-8-12(9-22)21-16-13-5-6-19-17(13)20-7-14(16)18(24)26-10-25-11(2)3/h4,7-8,10,13-14H,1,5-6,9,11-12H2,2-3H3,(H2,21,22,23);2*4-5,7,9,12-13H,1,6,8,10-11H2,2-3H3,(H2,20,21,22);4-7,11-12H,1,8-10H2,2-3H3,(H2,19,20,21)/t14-;2*13-;/m010./s1. The molecule has 576 valence electrons. The Morgan fingerprint density at radius 3 is 0.917 bits per heavy atom. The normalized spacial score (nSPS) is 16.2. The second-order valence-corrected chi connectivity index (χ2v) is 26.7. The lowest BCUT2D eigenvalue weighted by Crippen LogP contribution is -2.56. The molecule has 3 atom stereocenters. The van der Waals surface area contributed by atoms with Gasteiger partial charge in [0, 0.05) is 142 Å². The Kier molecular flexibility index (Phi) is 28.9. The van der Waals surface area contributed by atoms with Crippen LogP contribution in [-0.2, 0) is 57.1 Å². The van der Waals surface area contributed by atoms with Crippen LogP contribution in [0.5, 0.6) is 0 Å². The molecular weight excluding hydrogens is 1390 g/mol. The average Bonchev–Trinajstić information content (AvgIpc) is 1.53. The number of hydrogen-bond donors (Lipinski definition) is 8. The third-order valence-electron chi connectivity index (χ3n) is 17.6. The maximum absolute atomic E-state index is 12.6. The molecule has 12 heterocycles. The van der Waals surface area contributed by atoms with Crippen LogP contribution in [0.4, 0.5) is 22.7 Å². The van der Waals surface area contributed by atoms with Crippen molar-refractivity contribution in [3.8, 4) is 0 Å². The summed E-state index contributed by atoms with van der Waals surface area (Å²) in [5, 5.41) is 16.7. The number of piperidine rings is 1. The minimum atomic E-state index is -0.512. The van der Waals surface area contributed by atoms with Crippen LogP contribution in [0.3, 0.4) is 0 Å². The molecule has 0 saturated carbocycles. The predicted molar refractivity (Wildman–Crippen MR) is 406 cm³/mol. The van der Waals surface area contributed by atoms with Crippen LogP contribution >= 0.6 is 0 Å². The van der Waals surface area contributed by atoms with E-state index in [1.165, 1.54) is 49.1 Å². The summed E-state index contributed by atoms with van der Waals surface area (Å²) in [7, 11) is 0. The summed E-state index contributed by atoms with van der Waals surface area (Å²) in [6.45, 7) is 33.3. The van der Waals surface area contributed by atoms with Crippen LogP contribution in [0.15, 0.2) is 124 Å². The number of aromatic nitrogens is 8. The highest BCUT2D eigenvalue weighted by molar-refractivity contribution is 6.07. The molecule has 8 N–H and O–H groups in total. The summed E-state index contributed by atoms with van der Waals surface area (Å²) < 4.78 is 42.0. The van der Waals surface area contributed by atoms with E-state index in [0.717, 1.165) is 47.2 Å². The number of pyridine rings is 4.